The van der Waals surface area contributed by atoms with Gasteiger partial charge in [0.15, 0.2) is 0 Å². The summed E-state index contributed by atoms with van der Waals surface area (Å²) in [7, 11) is 0. The van der Waals surface area contributed by atoms with E-state index in [-0.39, 0.29) is 11.9 Å². The molecule has 0 aromatic heterocycles. The van der Waals surface area contributed by atoms with E-state index in [9.17, 15) is 9.90 Å². The Labute approximate surface area is 82.8 Å². The molecule has 0 fully saturated rings. The average molecular weight is 191 g/mol. The van der Waals surface area contributed by atoms with Crippen molar-refractivity contribution in [2.24, 2.45) is 0 Å². The number of hydrogen-bond donors (Lipinski definition) is 2. The van der Waals surface area contributed by atoms with Gasteiger partial charge in [-0.3, -0.25) is 4.79 Å². The van der Waals surface area contributed by atoms with Crippen molar-refractivity contribution in [3.63, 3.8) is 0 Å². The number of aliphatic hydroxyl groups is 1. The molecule has 2 rings (SSSR count). The Balaban J connectivity index is 2.30. The Morgan fingerprint density at radius 3 is 2.93 bits per heavy atom. The molecule has 0 radical (unpaired) electrons. The molecule has 1 aromatic carbocycles. The van der Waals surface area contributed by atoms with Crippen LogP contribution in [-0.4, -0.2) is 17.1 Å². The molecule has 14 heavy (non-hydrogen) atoms. The minimum atomic E-state index is -0.490. The van der Waals surface area contributed by atoms with E-state index in [1.807, 2.05) is 24.3 Å². The number of carbonyl (C=O) groups excluding carboxylic acids is 1. The SMILES string of the molecule is CC(=O)N[C@H]1c2ccccc2C[C@@H]1O. The van der Waals surface area contributed by atoms with E-state index < -0.39 is 6.10 Å². The summed E-state index contributed by atoms with van der Waals surface area (Å²) in [5.74, 6) is -0.106. The minimum Gasteiger partial charge on any atom is -0.390 e. The van der Waals surface area contributed by atoms with E-state index in [0.717, 1.165) is 11.1 Å². The third-order valence-electron chi connectivity index (χ3n) is 2.56. The van der Waals surface area contributed by atoms with Gasteiger partial charge in [0.05, 0.1) is 12.1 Å². The summed E-state index contributed by atoms with van der Waals surface area (Å²) >= 11 is 0. The highest BCUT2D eigenvalue weighted by Crippen LogP contribution is 2.30. The fourth-order valence-corrected chi connectivity index (χ4v) is 1.97. The molecule has 0 spiro atoms. The van der Waals surface area contributed by atoms with Crippen molar-refractivity contribution in [2.75, 3.05) is 0 Å². The lowest BCUT2D eigenvalue weighted by molar-refractivity contribution is -0.120. The maximum atomic E-state index is 10.9. The molecule has 0 bridgehead atoms. The van der Waals surface area contributed by atoms with Crippen LogP contribution in [0.15, 0.2) is 24.3 Å². The summed E-state index contributed by atoms with van der Waals surface area (Å²) < 4.78 is 0. The van der Waals surface area contributed by atoms with Gasteiger partial charge in [0.25, 0.3) is 0 Å². The van der Waals surface area contributed by atoms with E-state index >= 15 is 0 Å². The molecular weight excluding hydrogens is 178 g/mol. The van der Waals surface area contributed by atoms with E-state index in [0.29, 0.717) is 6.42 Å². The molecule has 2 N–H and O–H groups in total. The van der Waals surface area contributed by atoms with Crippen molar-refractivity contribution in [2.45, 2.75) is 25.5 Å². The first-order valence-corrected chi connectivity index (χ1v) is 4.71. The summed E-state index contributed by atoms with van der Waals surface area (Å²) in [5, 5.41) is 12.5. The Bertz CT molecular complexity index is 362. The summed E-state index contributed by atoms with van der Waals surface area (Å²) in [4.78, 5) is 10.9. The smallest absolute Gasteiger partial charge is 0.217 e. The van der Waals surface area contributed by atoms with Gasteiger partial charge in [0, 0.05) is 13.3 Å². The van der Waals surface area contributed by atoms with Crippen LogP contribution >= 0.6 is 0 Å². The molecule has 0 aliphatic heterocycles. The van der Waals surface area contributed by atoms with Gasteiger partial charge in [-0.2, -0.15) is 0 Å². The van der Waals surface area contributed by atoms with Crippen molar-refractivity contribution in [3.05, 3.63) is 35.4 Å². The highest BCUT2D eigenvalue weighted by molar-refractivity contribution is 5.73. The van der Waals surface area contributed by atoms with Crippen LogP contribution < -0.4 is 5.32 Å². The van der Waals surface area contributed by atoms with Crippen LogP contribution in [0.1, 0.15) is 24.1 Å². The van der Waals surface area contributed by atoms with Crippen molar-refractivity contribution < 1.29 is 9.90 Å². The van der Waals surface area contributed by atoms with Crippen LogP contribution in [0.25, 0.3) is 0 Å². The largest absolute Gasteiger partial charge is 0.390 e. The molecule has 0 saturated carbocycles. The van der Waals surface area contributed by atoms with Crippen LogP contribution in [0.3, 0.4) is 0 Å². The molecular formula is C11H13NO2. The van der Waals surface area contributed by atoms with E-state index in [1.54, 1.807) is 0 Å². The molecule has 1 aliphatic carbocycles. The maximum Gasteiger partial charge on any atom is 0.217 e. The van der Waals surface area contributed by atoms with Gasteiger partial charge in [0.2, 0.25) is 5.91 Å². The summed E-state index contributed by atoms with van der Waals surface area (Å²) in [6.07, 6.45) is 0.137. The predicted molar refractivity (Wildman–Crippen MR) is 52.7 cm³/mol. The minimum absolute atomic E-state index is 0.106. The molecule has 0 saturated heterocycles. The third kappa shape index (κ3) is 1.51. The van der Waals surface area contributed by atoms with Crippen LogP contribution in [0.2, 0.25) is 0 Å². The lowest BCUT2D eigenvalue weighted by Gasteiger charge is -2.16. The van der Waals surface area contributed by atoms with Gasteiger partial charge in [-0.25, -0.2) is 0 Å². The lowest BCUT2D eigenvalue weighted by Crippen LogP contribution is -2.32. The second-order valence-electron chi connectivity index (χ2n) is 3.65. The summed E-state index contributed by atoms with van der Waals surface area (Å²) in [6.45, 7) is 1.47. The number of fused-ring (bicyclic) bond motifs is 1. The Morgan fingerprint density at radius 2 is 2.21 bits per heavy atom. The van der Waals surface area contributed by atoms with E-state index in [2.05, 4.69) is 5.32 Å². The molecule has 1 aliphatic rings. The molecule has 1 aromatic rings. The quantitative estimate of drug-likeness (QED) is 0.689. The van der Waals surface area contributed by atoms with Crippen LogP contribution in [-0.2, 0) is 11.2 Å². The Morgan fingerprint density at radius 1 is 1.50 bits per heavy atom. The fraction of sp³-hybridized carbons (Fsp3) is 0.364. The molecule has 74 valence electrons. The predicted octanol–water partition coefficient (Wildman–Crippen LogP) is 0.781. The average Bonchev–Trinajstić information content (AvgIpc) is 2.43. The maximum absolute atomic E-state index is 10.9. The second-order valence-corrected chi connectivity index (χ2v) is 3.65. The van der Waals surface area contributed by atoms with Crippen LogP contribution in [0.5, 0.6) is 0 Å². The van der Waals surface area contributed by atoms with Crippen molar-refractivity contribution >= 4 is 5.91 Å². The second kappa shape index (κ2) is 3.42. The molecule has 0 heterocycles. The number of aliphatic hydroxyl groups excluding tert-OH is 1. The zero-order valence-corrected chi connectivity index (χ0v) is 8.03. The lowest BCUT2D eigenvalue weighted by atomic mass is 10.1. The van der Waals surface area contributed by atoms with Crippen LogP contribution in [0.4, 0.5) is 0 Å². The van der Waals surface area contributed by atoms with Gasteiger partial charge >= 0.3 is 0 Å². The zero-order chi connectivity index (χ0) is 10.1. The van der Waals surface area contributed by atoms with Gasteiger partial charge in [0.1, 0.15) is 0 Å². The first-order valence-electron chi connectivity index (χ1n) is 4.71. The van der Waals surface area contributed by atoms with Gasteiger partial charge in [-0.15, -0.1) is 0 Å². The first kappa shape index (κ1) is 9.21. The topological polar surface area (TPSA) is 49.3 Å². The number of rotatable bonds is 1. The number of benzene rings is 1. The van der Waals surface area contributed by atoms with Crippen molar-refractivity contribution in [1.29, 1.82) is 0 Å². The van der Waals surface area contributed by atoms with Crippen molar-refractivity contribution in [1.82, 2.24) is 5.32 Å². The third-order valence-corrected chi connectivity index (χ3v) is 2.56. The Hall–Kier alpha value is -1.35. The van der Waals surface area contributed by atoms with E-state index in [1.165, 1.54) is 6.92 Å². The zero-order valence-electron chi connectivity index (χ0n) is 8.03. The fourth-order valence-electron chi connectivity index (χ4n) is 1.97. The first-order chi connectivity index (χ1) is 6.68. The molecule has 0 unspecified atom stereocenters. The highest BCUT2D eigenvalue weighted by Gasteiger charge is 2.30. The molecule has 3 heteroatoms. The van der Waals surface area contributed by atoms with Crippen LogP contribution in [0, 0.1) is 0 Å². The Kier molecular flexibility index (Phi) is 2.25. The summed E-state index contributed by atoms with van der Waals surface area (Å²) in [5.41, 5.74) is 2.16. The normalized spacial score (nSPS) is 24.4. The molecule has 2 atom stereocenters. The standard InChI is InChI=1S/C11H13NO2/c1-7(13)12-11-9-5-3-2-4-8(9)6-10(11)14/h2-5,10-11,14H,6H2,1H3,(H,12,13)/t10-,11-/m0/s1. The van der Waals surface area contributed by atoms with Gasteiger partial charge < -0.3 is 10.4 Å². The molecule has 3 nitrogen and oxygen atoms in total. The van der Waals surface area contributed by atoms with Crippen molar-refractivity contribution in [3.8, 4) is 0 Å². The van der Waals surface area contributed by atoms with E-state index in [4.69, 9.17) is 0 Å². The number of nitrogens with one attached hydrogen (secondary N) is 1. The number of hydrogen-bond acceptors (Lipinski definition) is 2. The highest BCUT2D eigenvalue weighted by atomic mass is 16.3. The van der Waals surface area contributed by atoms with Gasteiger partial charge in [-0.05, 0) is 11.1 Å². The van der Waals surface area contributed by atoms with Gasteiger partial charge in [-0.1, -0.05) is 24.3 Å². The number of amides is 1. The monoisotopic (exact) mass is 191 g/mol. The number of carbonyl (C=O) groups is 1. The molecule has 1 amide bonds. The summed E-state index contributed by atoms with van der Waals surface area (Å²) in [6, 6.07) is 7.57.